The van der Waals surface area contributed by atoms with Crippen molar-refractivity contribution in [2.75, 3.05) is 5.32 Å². The molecule has 27 heavy (non-hydrogen) atoms. The molecule has 1 aromatic carbocycles. The van der Waals surface area contributed by atoms with Gasteiger partial charge < -0.3 is 14.5 Å². The van der Waals surface area contributed by atoms with Crippen LogP contribution in [0.4, 0.5) is 5.69 Å². The third-order valence-corrected chi connectivity index (χ3v) is 4.25. The Kier molecular flexibility index (Phi) is 5.78. The van der Waals surface area contributed by atoms with E-state index in [1.54, 1.807) is 42.5 Å². The number of carbonyl (C=O) groups is 2. The molecule has 2 heterocycles. The van der Waals surface area contributed by atoms with E-state index in [0.717, 1.165) is 0 Å². The number of amides is 1. The quantitative estimate of drug-likeness (QED) is 0.486. The first-order valence-corrected chi connectivity index (χ1v) is 8.68. The first-order chi connectivity index (χ1) is 13.0. The Labute approximate surface area is 165 Å². The van der Waals surface area contributed by atoms with E-state index in [4.69, 9.17) is 32.4 Å². The summed E-state index contributed by atoms with van der Waals surface area (Å²) >= 11 is 12.0. The molecule has 3 aromatic rings. The van der Waals surface area contributed by atoms with Crippen LogP contribution in [0.5, 0.6) is 0 Å². The Morgan fingerprint density at radius 2 is 1.89 bits per heavy atom. The van der Waals surface area contributed by atoms with Crippen LogP contribution in [-0.2, 0) is 9.53 Å². The molecule has 138 valence electrons. The highest BCUT2D eigenvalue weighted by atomic mass is 35.5. The minimum atomic E-state index is -1.07. The molecule has 8 heteroatoms. The fourth-order valence-corrected chi connectivity index (χ4v) is 2.63. The Balaban J connectivity index is 1.66. The van der Waals surface area contributed by atoms with Gasteiger partial charge in [0, 0.05) is 11.8 Å². The zero-order valence-corrected chi connectivity index (χ0v) is 15.6. The Morgan fingerprint density at radius 1 is 1.11 bits per heavy atom. The average Bonchev–Trinajstić information content (AvgIpc) is 3.14. The molecule has 1 N–H and O–H groups in total. The van der Waals surface area contributed by atoms with E-state index in [-0.39, 0.29) is 10.9 Å². The number of anilines is 1. The number of nitrogens with one attached hydrogen (secondary N) is 1. The second-order valence-electron chi connectivity index (χ2n) is 5.52. The molecule has 3 rings (SSSR count). The second kappa shape index (κ2) is 8.24. The number of hydrogen-bond donors (Lipinski definition) is 1. The molecule has 0 fully saturated rings. The summed E-state index contributed by atoms with van der Waals surface area (Å²) in [5.41, 5.74) is 0.973. The number of benzene rings is 1. The Morgan fingerprint density at radius 3 is 2.63 bits per heavy atom. The van der Waals surface area contributed by atoms with Gasteiger partial charge in [0.2, 0.25) is 5.76 Å². The minimum Gasteiger partial charge on any atom is -0.449 e. The van der Waals surface area contributed by atoms with Crippen molar-refractivity contribution in [2.24, 2.45) is 0 Å². The van der Waals surface area contributed by atoms with Crippen LogP contribution in [-0.4, -0.2) is 23.0 Å². The number of nitrogens with zero attached hydrogens (tertiary/aromatic N) is 1. The number of aromatic nitrogens is 1. The molecule has 0 spiro atoms. The standard InChI is InChI=1S/C19H14Cl2N2O4/c1-11(18(24)23-14-7-4-10-22-17(14)21)26-19(25)16-9-8-15(27-16)12-5-2-3-6-13(12)20/h2-11H,1H3,(H,23,24). The Hall–Kier alpha value is -2.83. The molecule has 0 bridgehead atoms. The minimum absolute atomic E-state index is 0.0380. The van der Waals surface area contributed by atoms with E-state index in [2.05, 4.69) is 10.3 Å². The predicted octanol–water partition coefficient (Wildman–Crippen LogP) is 4.83. The van der Waals surface area contributed by atoms with Gasteiger partial charge in [-0.2, -0.15) is 0 Å². The maximum absolute atomic E-state index is 12.2. The summed E-state index contributed by atoms with van der Waals surface area (Å²) in [6.45, 7) is 1.44. The van der Waals surface area contributed by atoms with Crippen molar-refractivity contribution in [1.29, 1.82) is 0 Å². The third-order valence-electron chi connectivity index (χ3n) is 3.62. The summed E-state index contributed by atoms with van der Waals surface area (Å²) in [4.78, 5) is 28.3. The number of esters is 1. The summed E-state index contributed by atoms with van der Waals surface area (Å²) < 4.78 is 10.7. The summed E-state index contributed by atoms with van der Waals surface area (Å²) in [5.74, 6) is -0.930. The van der Waals surface area contributed by atoms with Crippen LogP contribution in [0.25, 0.3) is 11.3 Å². The molecule has 0 aliphatic carbocycles. The first-order valence-electron chi connectivity index (χ1n) is 7.93. The van der Waals surface area contributed by atoms with Gasteiger partial charge in [0.05, 0.1) is 10.7 Å². The van der Waals surface area contributed by atoms with Crippen molar-refractivity contribution in [3.05, 3.63) is 70.7 Å². The fourth-order valence-electron chi connectivity index (χ4n) is 2.24. The van der Waals surface area contributed by atoms with Gasteiger partial charge in [0.15, 0.2) is 11.3 Å². The van der Waals surface area contributed by atoms with Crippen molar-refractivity contribution >= 4 is 40.8 Å². The molecule has 0 radical (unpaired) electrons. The normalized spacial score (nSPS) is 11.7. The maximum atomic E-state index is 12.2. The van der Waals surface area contributed by atoms with E-state index < -0.39 is 18.0 Å². The molecule has 1 atom stereocenters. The molecular formula is C19H14Cl2N2O4. The molecule has 1 unspecified atom stereocenters. The van der Waals surface area contributed by atoms with E-state index in [0.29, 0.717) is 22.0 Å². The molecule has 2 aromatic heterocycles. The Bertz CT molecular complexity index is 987. The van der Waals surface area contributed by atoms with Crippen LogP contribution in [0.1, 0.15) is 17.5 Å². The van der Waals surface area contributed by atoms with Crippen LogP contribution in [0.15, 0.2) is 59.1 Å². The summed E-state index contributed by atoms with van der Waals surface area (Å²) in [6, 6.07) is 13.4. The molecule has 0 aliphatic heterocycles. The van der Waals surface area contributed by atoms with Gasteiger partial charge in [0.1, 0.15) is 5.76 Å². The maximum Gasteiger partial charge on any atom is 0.375 e. The number of furan rings is 1. The van der Waals surface area contributed by atoms with Gasteiger partial charge in [-0.05, 0) is 43.3 Å². The molecule has 0 saturated heterocycles. The zero-order chi connectivity index (χ0) is 19.4. The lowest BCUT2D eigenvalue weighted by Gasteiger charge is -2.13. The average molecular weight is 405 g/mol. The molecule has 6 nitrogen and oxygen atoms in total. The number of pyridine rings is 1. The van der Waals surface area contributed by atoms with E-state index in [9.17, 15) is 9.59 Å². The van der Waals surface area contributed by atoms with Crippen molar-refractivity contribution in [3.8, 4) is 11.3 Å². The number of hydrogen-bond acceptors (Lipinski definition) is 5. The van der Waals surface area contributed by atoms with Crippen LogP contribution in [0.3, 0.4) is 0 Å². The lowest BCUT2D eigenvalue weighted by Crippen LogP contribution is -2.30. The highest BCUT2D eigenvalue weighted by Gasteiger charge is 2.22. The van der Waals surface area contributed by atoms with Crippen LogP contribution in [0, 0.1) is 0 Å². The molecule has 1 amide bonds. The topological polar surface area (TPSA) is 81.4 Å². The molecular weight excluding hydrogens is 391 g/mol. The molecule has 0 saturated carbocycles. The number of ether oxygens (including phenoxy) is 1. The lowest BCUT2D eigenvalue weighted by atomic mass is 10.2. The van der Waals surface area contributed by atoms with Gasteiger partial charge in [0.25, 0.3) is 5.91 Å². The monoisotopic (exact) mass is 404 g/mol. The van der Waals surface area contributed by atoms with Crippen LogP contribution in [0.2, 0.25) is 10.2 Å². The summed E-state index contributed by atoms with van der Waals surface area (Å²) in [5, 5.41) is 3.18. The number of rotatable bonds is 5. The largest absolute Gasteiger partial charge is 0.449 e. The highest BCUT2D eigenvalue weighted by Crippen LogP contribution is 2.29. The van der Waals surface area contributed by atoms with Gasteiger partial charge in [-0.3, -0.25) is 4.79 Å². The van der Waals surface area contributed by atoms with Gasteiger partial charge in [-0.25, -0.2) is 9.78 Å². The van der Waals surface area contributed by atoms with Gasteiger partial charge in [-0.1, -0.05) is 35.3 Å². The third kappa shape index (κ3) is 4.48. The van der Waals surface area contributed by atoms with Crippen molar-refractivity contribution in [3.63, 3.8) is 0 Å². The molecule has 0 aliphatic rings. The van der Waals surface area contributed by atoms with Crippen molar-refractivity contribution in [2.45, 2.75) is 13.0 Å². The van der Waals surface area contributed by atoms with Crippen molar-refractivity contribution in [1.82, 2.24) is 4.98 Å². The first kappa shape index (κ1) is 18.9. The number of halogens is 2. The fraction of sp³-hybridized carbons (Fsp3) is 0.105. The SMILES string of the molecule is CC(OC(=O)c1ccc(-c2ccccc2Cl)o1)C(=O)Nc1cccnc1Cl. The van der Waals surface area contributed by atoms with Gasteiger partial charge in [-0.15, -0.1) is 0 Å². The zero-order valence-electron chi connectivity index (χ0n) is 14.1. The lowest BCUT2D eigenvalue weighted by molar-refractivity contribution is -0.123. The number of carbonyl (C=O) groups excluding carboxylic acids is 2. The van der Waals surface area contributed by atoms with Crippen LogP contribution < -0.4 is 5.32 Å². The van der Waals surface area contributed by atoms with Crippen LogP contribution >= 0.6 is 23.2 Å². The van der Waals surface area contributed by atoms with Crippen molar-refractivity contribution < 1.29 is 18.7 Å². The van der Waals surface area contributed by atoms with E-state index in [1.807, 2.05) is 0 Å². The van der Waals surface area contributed by atoms with Gasteiger partial charge >= 0.3 is 5.97 Å². The van der Waals surface area contributed by atoms with E-state index in [1.165, 1.54) is 19.2 Å². The smallest absolute Gasteiger partial charge is 0.375 e. The highest BCUT2D eigenvalue weighted by molar-refractivity contribution is 6.33. The predicted molar refractivity (Wildman–Crippen MR) is 102 cm³/mol. The second-order valence-corrected chi connectivity index (χ2v) is 6.29. The summed E-state index contributed by atoms with van der Waals surface area (Å²) in [6.07, 6.45) is 0.428. The summed E-state index contributed by atoms with van der Waals surface area (Å²) in [7, 11) is 0. The van der Waals surface area contributed by atoms with E-state index >= 15 is 0 Å².